The van der Waals surface area contributed by atoms with Crippen LogP contribution in [-0.2, 0) is 21.6 Å². The quantitative estimate of drug-likeness (QED) is 0.425. The summed E-state index contributed by atoms with van der Waals surface area (Å²) >= 11 is 0. The number of benzene rings is 3. The molecule has 1 aromatic heterocycles. The van der Waals surface area contributed by atoms with Gasteiger partial charge >= 0.3 is 0 Å². The zero-order valence-electron chi connectivity index (χ0n) is 12.8. The summed E-state index contributed by atoms with van der Waals surface area (Å²) in [4.78, 5) is 1.52. The Kier molecular flexibility index (Phi) is 2.51. The minimum atomic E-state index is -1.29. The van der Waals surface area contributed by atoms with Gasteiger partial charge in [-0.3, -0.25) is 4.21 Å². The first kappa shape index (κ1) is 13.8. The molecule has 2 atom stereocenters. The second-order valence-electron chi connectivity index (χ2n) is 6.16. The van der Waals surface area contributed by atoms with Crippen molar-refractivity contribution in [1.29, 1.82) is 0 Å². The van der Waals surface area contributed by atoms with Gasteiger partial charge in [0.15, 0.2) is 0 Å². The van der Waals surface area contributed by atoms with E-state index in [0.29, 0.717) is 0 Å². The Bertz CT molecular complexity index is 1430. The first-order valence-corrected chi connectivity index (χ1v) is 10.3. The van der Waals surface area contributed by atoms with E-state index in [1.165, 1.54) is 0 Å². The van der Waals surface area contributed by atoms with E-state index in [9.17, 15) is 8.42 Å². The van der Waals surface area contributed by atoms with Gasteiger partial charge in [-0.2, -0.15) is 0 Å². The zero-order valence-corrected chi connectivity index (χ0v) is 14.4. The van der Waals surface area contributed by atoms with E-state index in [0.717, 1.165) is 53.3 Å². The Morgan fingerprint density at radius 2 is 1.60 bits per heavy atom. The van der Waals surface area contributed by atoms with Crippen molar-refractivity contribution in [2.45, 2.75) is 9.79 Å². The number of fused-ring (bicyclic) bond motifs is 10. The average Bonchev–Trinajstić information content (AvgIpc) is 3.27. The lowest BCUT2D eigenvalue weighted by Gasteiger charge is -2.02. The molecular weight excluding hydrogens is 352 g/mol. The molecule has 0 radical (unpaired) electrons. The van der Waals surface area contributed by atoms with Crippen molar-refractivity contribution in [3.05, 3.63) is 59.0 Å². The van der Waals surface area contributed by atoms with Crippen LogP contribution in [-0.4, -0.2) is 8.42 Å². The highest BCUT2D eigenvalue weighted by atomic mass is 32.2. The van der Waals surface area contributed by atoms with Crippen LogP contribution in [0, 0.1) is 0 Å². The number of hydrogen-bond donors (Lipinski definition) is 0. The van der Waals surface area contributed by atoms with Crippen molar-refractivity contribution in [3.63, 3.8) is 0 Å². The van der Waals surface area contributed by atoms with E-state index in [4.69, 9.17) is 4.42 Å². The minimum Gasteiger partial charge on any atom is -0.455 e. The monoisotopic (exact) mass is 362 g/mol. The molecule has 4 aromatic rings. The predicted octanol–water partition coefficient (Wildman–Crippen LogP) is 2.97. The number of rotatable bonds is 0. The smallest absolute Gasteiger partial charge is 0.145 e. The van der Waals surface area contributed by atoms with Crippen molar-refractivity contribution in [1.82, 2.24) is 0 Å². The fraction of sp³-hybridized carbons (Fsp3) is 0. The molecule has 0 saturated heterocycles. The molecule has 2 aliphatic heterocycles. The van der Waals surface area contributed by atoms with Gasteiger partial charge in [-0.25, -0.2) is 4.21 Å². The molecule has 0 saturated carbocycles. The third-order valence-electron chi connectivity index (χ3n) is 4.86. The molecule has 120 valence electrons. The normalized spacial score (nSPS) is 20.2. The van der Waals surface area contributed by atoms with Crippen LogP contribution in [0.3, 0.4) is 0 Å². The Morgan fingerprint density at radius 3 is 2.52 bits per heavy atom. The van der Waals surface area contributed by atoms with Crippen molar-refractivity contribution < 1.29 is 12.8 Å². The van der Waals surface area contributed by atoms with Crippen LogP contribution in [0.25, 0.3) is 43.9 Å². The molecule has 0 spiro atoms. The molecule has 0 amide bonds. The Labute approximate surface area is 147 Å². The highest BCUT2D eigenvalue weighted by Crippen LogP contribution is 2.44. The summed E-state index contributed by atoms with van der Waals surface area (Å²) in [5.41, 5.74) is 3.34. The molecule has 3 nitrogen and oxygen atoms in total. The highest BCUT2D eigenvalue weighted by molar-refractivity contribution is 8.00. The van der Waals surface area contributed by atoms with E-state index in [2.05, 4.69) is 0 Å². The molecule has 3 heterocycles. The summed E-state index contributed by atoms with van der Waals surface area (Å²) in [6.45, 7) is 0. The van der Waals surface area contributed by atoms with Crippen LogP contribution in [0.2, 0.25) is 0 Å². The van der Waals surface area contributed by atoms with E-state index in [1.807, 2.05) is 48.5 Å². The Morgan fingerprint density at radius 1 is 0.840 bits per heavy atom. The van der Waals surface area contributed by atoms with Crippen LogP contribution in [0.4, 0.5) is 0 Å². The molecule has 25 heavy (non-hydrogen) atoms. The van der Waals surface area contributed by atoms with Crippen molar-refractivity contribution in [2.24, 2.45) is 0 Å². The Balaban J connectivity index is 2.00. The second kappa shape index (κ2) is 4.56. The van der Waals surface area contributed by atoms with Crippen LogP contribution in [0.15, 0.2) is 62.7 Å². The third-order valence-corrected chi connectivity index (χ3v) is 7.35. The van der Waals surface area contributed by atoms with E-state index >= 15 is 0 Å². The number of hydrogen-bond acceptors (Lipinski definition) is 3. The summed E-state index contributed by atoms with van der Waals surface area (Å²) in [6, 6.07) is 15.6. The van der Waals surface area contributed by atoms with E-state index in [1.54, 1.807) is 10.8 Å². The van der Waals surface area contributed by atoms with Crippen molar-refractivity contribution in [3.8, 4) is 11.1 Å². The lowest BCUT2D eigenvalue weighted by atomic mass is 10.00. The number of furan rings is 1. The van der Waals surface area contributed by atoms with Gasteiger partial charge in [0.2, 0.25) is 0 Å². The van der Waals surface area contributed by atoms with Crippen LogP contribution >= 0.6 is 0 Å². The third kappa shape index (κ3) is 1.60. The van der Waals surface area contributed by atoms with Gasteiger partial charge in [-0.1, -0.05) is 36.4 Å². The lowest BCUT2D eigenvalue weighted by molar-refractivity contribution is 0.668. The summed E-state index contributed by atoms with van der Waals surface area (Å²) in [6.07, 6.45) is 0. The van der Waals surface area contributed by atoms with Crippen LogP contribution in [0.1, 0.15) is 0 Å². The summed E-state index contributed by atoms with van der Waals surface area (Å²) < 4.78 is 31.6. The Hall–Kier alpha value is -2.50. The van der Waals surface area contributed by atoms with Gasteiger partial charge in [0, 0.05) is 43.2 Å². The van der Waals surface area contributed by atoms with Gasteiger partial charge < -0.3 is 4.42 Å². The predicted molar refractivity (Wildman–Crippen MR) is 100 cm³/mol. The van der Waals surface area contributed by atoms with Gasteiger partial charge in [0.05, 0.1) is 31.4 Å². The first-order chi connectivity index (χ1) is 12.2. The second-order valence-corrected chi connectivity index (χ2v) is 8.68. The van der Waals surface area contributed by atoms with Crippen molar-refractivity contribution in [2.75, 3.05) is 0 Å². The fourth-order valence-electron chi connectivity index (χ4n) is 3.87. The lowest BCUT2D eigenvalue weighted by Crippen LogP contribution is -2.26. The standard InChI is InChI=1S/C20H10O3S2/c21-24-9-13-14(10-24)20-18(12-6-2-4-8-16(12)25(20)22)19-17(13)11-5-1-3-7-15(11)23-19/h1-10H. The molecular formula is C20H10O3S2. The SMILES string of the molecule is O=S1C=c2c3c(c4oc5ccccc5c4c2=C1)-c1ccccc1S3=O. The van der Waals surface area contributed by atoms with E-state index < -0.39 is 21.6 Å². The fourth-order valence-corrected chi connectivity index (χ4v) is 6.52. The number of para-hydroxylation sites is 1. The molecule has 2 aliphatic rings. The van der Waals surface area contributed by atoms with Gasteiger partial charge in [0.1, 0.15) is 11.2 Å². The molecule has 0 aliphatic carbocycles. The first-order valence-electron chi connectivity index (χ1n) is 7.85. The maximum atomic E-state index is 13.1. The molecule has 0 bridgehead atoms. The molecule has 5 heteroatoms. The maximum Gasteiger partial charge on any atom is 0.145 e. The van der Waals surface area contributed by atoms with Crippen LogP contribution in [0.5, 0.6) is 0 Å². The minimum absolute atomic E-state index is 0.727. The molecule has 0 N–H and O–H groups in total. The molecule has 2 unspecified atom stereocenters. The maximum absolute atomic E-state index is 13.1. The van der Waals surface area contributed by atoms with Crippen molar-refractivity contribution >= 4 is 54.4 Å². The highest BCUT2D eigenvalue weighted by Gasteiger charge is 2.32. The molecule has 6 rings (SSSR count). The average molecular weight is 362 g/mol. The molecule has 3 aromatic carbocycles. The summed E-state index contributed by atoms with van der Waals surface area (Å²) in [7, 11) is -2.49. The van der Waals surface area contributed by atoms with Gasteiger partial charge in [0.25, 0.3) is 0 Å². The summed E-state index contributed by atoms with van der Waals surface area (Å²) in [5.74, 6) is 0. The van der Waals surface area contributed by atoms with E-state index in [-0.39, 0.29) is 0 Å². The summed E-state index contributed by atoms with van der Waals surface area (Å²) in [5, 5.41) is 7.09. The largest absolute Gasteiger partial charge is 0.455 e. The van der Waals surface area contributed by atoms with Gasteiger partial charge in [-0.15, -0.1) is 0 Å². The zero-order chi connectivity index (χ0) is 16.7. The molecule has 0 fully saturated rings. The van der Waals surface area contributed by atoms with Gasteiger partial charge in [-0.05, 0) is 12.1 Å². The van der Waals surface area contributed by atoms with Crippen LogP contribution < -0.4 is 10.4 Å². The topological polar surface area (TPSA) is 47.3 Å².